The first-order chi connectivity index (χ1) is 30.2. The number of esters is 1. The van der Waals surface area contributed by atoms with Crippen LogP contribution in [0.25, 0.3) is 0 Å². The molecule has 0 heterocycles. The molecular formula is C57H96O4. The van der Waals surface area contributed by atoms with E-state index in [4.69, 9.17) is 9.47 Å². The van der Waals surface area contributed by atoms with Crippen LogP contribution in [0.15, 0.2) is 109 Å². The van der Waals surface area contributed by atoms with E-state index in [2.05, 4.69) is 123 Å². The van der Waals surface area contributed by atoms with Crippen molar-refractivity contribution in [3.05, 3.63) is 109 Å². The fourth-order valence-electron chi connectivity index (χ4n) is 6.81. The van der Waals surface area contributed by atoms with Gasteiger partial charge < -0.3 is 14.6 Å². The van der Waals surface area contributed by atoms with Gasteiger partial charge in [0.15, 0.2) is 0 Å². The van der Waals surface area contributed by atoms with Gasteiger partial charge in [-0.05, 0) is 103 Å². The minimum absolute atomic E-state index is 0.188. The summed E-state index contributed by atoms with van der Waals surface area (Å²) >= 11 is 0. The molecule has 61 heavy (non-hydrogen) atoms. The Morgan fingerprint density at radius 1 is 0.410 bits per heavy atom. The van der Waals surface area contributed by atoms with Gasteiger partial charge in [-0.3, -0.25) is 4.79 Å². The average molecular weight is 845 g/mol. The maximum atomic E-state index is 12.3. The largest absolute Gasteiger partial charge is 0.457 e. The van der Waals surface area contributed by atoms with Crippen molar-refractivity contribution in [1.82, 2.24) is 0 Å². The molecule has 0 aromatic heterocycles. The molecule has 0 aliphatic rings. The average Bonchev–Trinajstić information content (AvgIpc) is 3.27. The third-order valence-electron chi connectivity index (χ3n) is 10.6. The molecule has 0 spiro atoms. The first kappa shape index (κ1) is 58.0. The van der Waals surface area contributed by atoms with Gasteiger partial charge in [0.2, 0.25) is 0 Å². The van der Waals surface area contributed by atoms with Crippen LogP contribution in [-0.2, 0) is 14.3 Å². The van der Waals surface area contributed by atoms with Gasteiger partial charge in [-0.15, -0.1) is 0 Å². The molecule has 0 aromatic rings. The van der Waals surface area contributed by atoms with Gasteiger partial charge in [0.1, 0.15) is 6.10 Å². The van der Waals surface area contributed by atoms with E-state index >= 15 is 0 Å². The van der Waals surface area contributed by atoms with Crippen molar-refractivity contribution in [2.75, 3.05) is 19.8 Å². The summed E-state index contributed by atoms with van der Waals surface area (Å²) in [5.74, 6) is -0.215. The molecule has 0 aliphatic heterocycles. The maximum Gasteiger partial charge on any atom is 0.306 e. The lowest BCUT2D eigenvalue weighted by atomic mass is 10.0. The van der Waals surface area contributed by atoms with Gasteiger partial charge in [0.25, 0.3) is 0 Å². The highest BCUT2D eigenvalue weighted by atomic mass is 16.6. The topological polar surface area (TPSA) is 55.8 Å². The van der Waals surface area contributed by atoms with Gasteiger partial charge in [0, 0.05) is 13.0 Å². The fraction of sp³-hybridized carbons (Fsp3) is 0.667. The number of unbranched alkanes of at least 4 members (excludes halogenated alkanes) is 20. The summed E-state index contributed by atoms with van der Waals surface area (Å²) in [5.41, 5.74) is 0. The molecule has 0 radical (unpaired) electrons. The zero-order valence-electron chi connectivity index (χ0n) is 39.9. The number of ether oxygens (including phenoxy) is 2. The van der Waals surface area contributed by atoms with E-state index in [1.807, 2.05) is 0 Å². The highest BCUT2D eigenvalue weighted by Gasteiger charge is 2.13. The van der Waals surface area contributed by atoms with Gasteiger partial charge in [-0.25, -0.2) is 0 Å². The fourth-order valence-corrected chi connectivity index (χ4v) is 6.81. The molecule has 1 N–H and O–H groups in total. The Labute approximate surface area is 378 Å². The molecule has 0 saturated carbocycles. The van der Waals surface area contributed by atoms with Crippen LogP contribution in [0.4, 0.5) is 0 Å². The predicted octanol–water partition coefficient (Wildman–Crippen LogP) is 17.4. The van der Waals surface area contributed by atoms with Crippen LogP contribution < -0.4 is 0 Å². The number of carbonyl (C=O) groups is 1. The molecule has 0 aliphatic carbocycles. The lowest BCUT2D eigenvalue weighted by molar-refractivity contribution is -0.154. The molecule has 0 amide bonds. The van der Waals surface area contributed by atoms with E-state index in [0.717, 1.165) is 83.5 Å². The van der Waals surface area contributed by atoms with Gasteiger partial charge in [0.05, 0.1) is 13.2 Å². The van der Waals surface area contributed by atoms with Crippen LogP contribution in [0.2, 0.25) is 0 Å². The molecule has 0 rings (SSSR count). The highest BCUT2D eigenvalue weighted by Crippen LogP contribution is 2.13. The van der Waals surface area contributed by atoms with Crippen LogP contribution in [0.5, 0.6) is 0 Å². The quantitative estimate of drug-likeness (QED) is 0.0377. The number of aliphatic hydroxyl groups is 1. The Balaban J connectivity index is 3.52. The Morgan fingerprint density at radius 2 is 0.738 bits per heavy atom. The third kappa shape index (κ3) is 51.3. The second kappa shape index (κ2) is 53.2. The van der Waals surface area contributed by atoms with Gasteiger partial charge >= 0.3 is 5.97 Å². The molecule has 1 unspecified atom stereocenters. The molecule has 1 atom stereocenters. The van der Waals surface area contributed by atoms with Crippen molar-refractivity contribution in [3.63, 3.8) is 0 Å². The molecular weight excluding hydrogens is 749 g/mol. The number of aliphatic hydroxyl groups excluding tert-OH is 1. The van der Waals surface area contributed by atoms with Crippen molar-refractivity contribution < 1.29 is 19.4 Å². The van der Waals surface area contributed by atoms with Crippen LogP contribution in [0.3, 0.4) is 0 Å². The molecule has 0 saturated heterocycles. The standard InChI is InChI=1S/C57H96O4/c1-3-5-7-9-11-13-15-17-19-21-23-25-27-29-30-32-34-36-38-40-42-44-46-48-50-52-57(59)61-56(54-58)55-60-53-51-49-47-45-43-41-39-37-35-33-31-28-26-24-22-20-18-16-14-12-10-8-6-4-2/h6,8,12,14-15,17-18,20-21,23-24,26-27,29,31,33,37,39,56,58H,3-5,7,9-11,13,16,19,22,25,28,30,32,34-36,38,40-55H2,1-2H3/b8-6-,14-12-,17-15-,20-18-,23-21-,26-24-,29-27-,33-31-,39-37-. The Morgan fingerprint density at radius 3 is 1.11 bits per heavy atom. The summed E-state index contributed by atoms with van der Waals surface area (Å²) < 4.78 is 11.2. The lowest BCUT2D eigenvalue weighted by Crippen LogP contribution is -2.27. The SMILES string of the molecule is CC/C=C\C/C=C\C/C=C\C/C=C\C/C=C\C/C=C\CCCCCCCOCC(CO)OC(=O)CCCCCCCCCCCC/C=C\C/C=C\C/C=C\CCCCCCC. The normalized spacial score (nSPS) is 13.3. The molecule has 0 fully saturated rings. The molecule has 0 aromatic carbocycles. The zero-order chi connectivity index (χ0) is 44.0. The maximum absolute atomic E-state index is 12.3. The Kier molecular flexibility index (Phi) is 50.6. The smallest absolute Gasteiger partial charge is 0.306 e. The number of hydrogen-bond donors (Lipinski definition) is 1. The number of rotatable bonds is 46. The Hall–Kier alpha value is -2.95. The minimum atomic E-state index is -0.556. The molecule has 4 heteroatoms. The van der Waals surface area contributed by atoms with Crippen molar-refractivity contribution in [1.29, 1.82) is 0 Å². The Bertz CT molecular complexity index is 1170. The summed E-state index contributed by atoms with van der Waals surface area (Å²) in [6, 6.07) is 0. The number of carbonyl (C=O) groups excluding carboxylic acids is 1. The monoisotopic (exact) mass is 845 g/mol. The second-order valence-corrected chi connectivity index (χ2v) is 16.5. The van der Waals surface area contributed by atoms with Crippen LogP contribution >= 0.6 is 0 Å². The van der Waals surface area contributed by atoms with Crippen LogP contribution in [0, 0.1) is 0 Å². The number of allylic oxidation sites excluding steroid dienone is 18. The summed E-state index contributed by atoms with van der Waals surface area (Å²) in [6.07, 6.45) is 77.4. The minimum Gasteiger partial charge on any atom is -0.457 e. The summed E-state index contributed by atoms with van der Waals surface area (Å²) in [4.78, 5) is 12.3. The van der Waals surface area contributed by atoms with E-state index in [-0.39, 0.29) is 19.2 Å². The third-order valence-corrected chi connectivity index (χ3v) is 10.6. The van der Waals surface area contributed by atoms with Crippen molar-refractivity contribution in [2.24, 2.45) is 0 Å². The van der Waals surface area contributed by atoms with Crippen LogP contribution in [-0.4, -0.2) is 37.0 Å². The summed E-state index contributed by atoms with van der Waals surface area (Å²) in [5, 5.41) is 9.65. The molecule has 348 valence electrons. The van der Waals surface area contributed by atoms with Crippen LogP contribution in [0.1, 0.15) is 219 Å². The zero-order valence-corrected chi connectivity index (χ0v) is 39.9. The van der Waals surface area contributed by atoms with Crippen molar-refractivity contribution >= 4 is 5.97 Å². The van der Waals surface area contributed by atoms with E-state index < -0.39 is 6.10 Å². The molecule has 0 bridgehead atoms. The highest BCUT2D eigenvalue weighted by molar-refractivity contribution is 5.69. The molecule has 4 nitrogen and oxygen atoms in total. The van der Waals surface area contributed by atoms with Crippen molar-refractivity contribution in [3.8, 4) is 0 Å². The summed E-state index contributed by atoms with van der Waals surface area (Å²) in [6.45, 7) is 5.17. The first-order valence-corrected chi connectivity index (χ1v) is 25.5. The first-order valence-electron chi connectivity index (χ1n) is 25.5. The van der Waals surface area contributed by atoms with Crippen molar-refractivity contribution in [2.45, 2.75) is 225 Å². The van der Waals surface area contributed by atoms with Gasteiger partial charge in [-0.2, -0.15) is 0 Å². The van der Waals surface area contributed by atoms with E-state index in [1.165, 1.54) is 116 Å². The van der Waals surface area contributed by atoms with E-state index in [1.54, 1.807) is 0 Å². The number of hydrogen-bond acceptors (Lipinski definition) is 4. The predicted molar refractivity (Wildman–Crippen MR) is 269 cm³/mol. The second-order valence-electron chi connectivity index (χ2n) is 16.5. The van der Waals surface area contributed by atoms with Gasteiger partial charge in [-0.1, -0.05) is 220 Å². The summed E-state index contributed by atoms with van der Waals surface area (Å²) in [7, 11) is 0. The lowest BCUT2D eigenvalue weighted by Gasteiger charge is -2.15. The van der Waals surface area contributed by atoms with E-state index in [0.29, 0.717) is 13.0 Å². The van der Waals surface area contributed by atoms with E-state index in [9.17, 15) is 9.90 Å².